The van der Waals surface area contributed by atoms with Crippen molar-refractivity contribution in [1.82, 2.24) is 9.62 Å². The predicted octanol–water partition coefficient (Wildman–Crippen LogP) is 2.58. The Bertz CT molecular complexity index is 904. The number of hydrogen-bond donors (Lipinski definition) is 2. The van der Waals surface area contributed by atoms with E-state index in [4.69, 9.17) is 5.73 Å². The highest BCUT2D eigenvalue weighted by molar-refractivity contribution is 7.89. The molecular weight excluding hydrogens is 414 g/mol. The summed E-state index contributed by atoms with van der Waals surface area (Å²) in [7, 11) is -3.78. The van der Waals surface area contributed by atoms with Gasteiger partial charge in [0.1, 0.15) is 6.04 Å². The van der Waals surface area contributed by atoms with Crippen LogP contribution in [0.3, 0.4) is 0 Å². The second kappa shape index (κ2) is 8.90. The average Bonchev–Trinajstić information content (AvgIpc) is 3.01. The van der Waals surface area contributed by atoms with Crippen LogP contribution >= 0.6 is 0 Å². The zero-order valence-corrected chi connectivity index (χ0v) is 19.7. The maximum Gasteiger partial charge on any atom is 0.256 e. The normalized spacial score (nSPS) is 27.8. The summed E-state index contributed by atoms with van der Waals surface area (Å²) in [5.74, 6) is -1.35. The number of carbonyl (C=O) groups is 2. The molecule has 31 heavy (non-hydrogen) atoms. The van der Waals surface area contributed by atoms with Crippen LogP contribution < -0.4 is 10.5 Å². The second-order valence-corrected chi connectivity index (χ2v) is 11.8. The molecule has 0 aromatic heterocycles. The van der Waals surface area contributed by atoms with Crippen LogP contribution in [-0.4, -0.2) is 43.5 Å². The van der Waals surface area contributed by atoms with Crippen LogP contribution in [0.1, 0.15) is 64.5 Å². The van der Waals surface area contributed by atoms with Gasteiger partial charge >= 0.3 is 0 Å². The molecule has 1 aliphatic heterocycles. The highest BCUT2D eigenvalue weighted by atomic mass is 32.2. The Morgan fingerprint density at radius 3 is 2.16 bits per heavy atom. The minimum absolute atomic E-state index is 0.0931. The van der Waals surface area contributed by atoms with Crippen LogP contribution in [0.15, 0.2) is 30.3 Å². The lowest BCUT2D eigenvalue weighted by molar-refractivity contribution is -0.145. The van der Waals surface area contributed by atoms with E-state index in [0.29, 0.717) is 0 Å². The Balaban J connectivity index is 2.13. The molecule has 1 saturated heterocycles. The number of nitrogens with two attached hydrogens (primary N) is 1. The first kappa shape index (κ1) is 23.7. The molecule has 0 radical (unpaired) electrons. The molecule has 0 bridgehead atoms. The van der Waals surface area contributed by atoms with Gasteiger partial charge in [0.05, 0.1) is 12.3 Å². The Morgan fingerprint density at radius 2 is 1.65 bits per heavy atom. The SMILES string of the molecule is CC(C)(C)C1C(N)C(c2ccccc2)N(C(=O)C2CCCCC2)C1C(=O)NS(C)(=O)=O. The number of carbonyl (C=O) groups excluding carboxylic acids is 2. The van der Waals surface area contributed by atoms with Crippen LogP contribution in [0.4, 0.5) is 0 Å². The lowest BCUT2D eigenvalue weighted by atomic mass is 9.73. The number of sulfonamides is 1. The van der Waals surface area contributed by atoms with Gasteiger partial charge < -0.3 is 10.6 Å². The fraction of sp³-hybridized carbons (Fsp3) is 0.652. The average molecular weight is 450 g/mol. The van der Waals surface area contributed by atoms with Crippen molar-refractivity contribution in [3.05, 3.63) is 35.9 Å². The van der Waals surface area contributed by atoms with Crippen LogP contribution in [0.5, 0.6) is 0 Å². The molecule has 1 saturated carbocycles. The first-order chi connectivity index (χ1) is 14.4. The highest BCUT2D eigenvalue weighted by Gasteiger charge is 2.57. The molecule has 3 N–H and O–H groups in total. The summed E-state index contributed by atoms with van der Waals surface area (Å²) >= 11 is 0. The van der Waals surface area contributed by atoms with Gasteiger partial charge in [-0.1, -0.05) is 70.4 Å². The van der Waals surface area contributed by atoms with Crippen molar-refractivity contribution in [2.75, 3.05) is 6.26 Å². The summed E-state index contributed by atoms with van der Waals surface area (Å²) in [6.45, 7) is 5.94. The molecule has 4 unspecified atom stereocenters. The third-order valence-electron chi connectivity index (χ3n) is 6.62. The maximum absolute atomic E-state index is 13.8. The van der Waals surface area contributed by atoms with E-state index in [0.717, 1.165) is 43.9 Å². The summed E-state index contributed by atoms with van der Waals surface area (Å²) < 4.78 is 25.9. The third-order valence-corrected chi connectivity index (χ3v) is 7.20. The van der Waals surface area contributed by atoms with Gasteiger partial charge in [0.15, 0.2) is 0 Å². The van der Waals surface area contributed by atoms with Crippen molar-refractivity contribution in [2.45, 2.75) is 71.0 Å². The van der Waals surface area contributed by atoms with Crippen LogP contribution in [0.2, 0.25) is 0 Å². The first-order valence-electron chi connectivity index (χ1n) is 11.1. The molecule has 4 atom stereocenters. The molecule has 1 aromatic rings. The first-order valence-corrected chi connectivity index (χ1v) is 13.0. The molecule has 172 valence electrons. The predicted molar refractivity (Wildman–Crippen MR) is 120 cm³/mol. The molecular formula is C23H35N3O4S. The number of hydrogen-bond acceptors (Lipinski definition) is 5. The van der Waals surface area contributed by atoms with Crippen LogP contribution in [-0.2, 0) is 19.6 Å². The number of benzene rings is 1. The van der Waals surface area contributed by atoms with Gasteiger partial charge in [-0.25, -0.2) is 8.42 Å². The topological polar surface area (TPSA) is 110 Å². The highest BCUT2D eigenvalue weighted by Crippen LogP contribution is 2.48. The number of nitrogens with zero attached hydrogens (tertiary/aromatic N) is 1. The second-order valence-electron chi connectivity index (χ2n) is 10.1. The molecule has 7 nitrogen and oxygen atoms in total. The van der Waals surface area contributed by atoms with E-state index in [1.807, 2.05) is 51.1 Å². The van der Waals surface area contributed by atoms with Gasteiger partial charge in [-0.15, -0.1) is 0 Å². The van der Waals surface area contributed by atoms with E-state index in [9.17, 15) is 18.0 Å². The van der Waals surface area contributed by atoms with Crippen LogP contribution in [0, 0.1) is 17.3 Å². The molecule has 1 aromatic carbocycles. The fourth-order valence-corrected chi connectivity index (χ4v) is 5.88. The standard InChI is InChI=1S/C23H35N3O4S/c1-23(2,3)17-18(24)19(15-11-7-5-8-12-15)26(20(17)21(27)25-31(4,29)30)22(28)16-13-9-6-10-14-16/h5,7-8,11-12,16-20H,6,9-10,13-14,24H2,1-4H3,(H,25,27). The summed E-state index contributed by atoms with van der Waals surface area (Å²) in [5, 5.41) is 0. The fourth-order valence-electron chi connectivity index (χ4n) is 5.39. The Labute approximate surface area is 185 Å². The van der Waals surface area contributed by atoms with E-state index in [1.54, 1.807) is 4.90 Å². The molecule has 1 aliphatic carbocycles. The number of nitrogens with one attached hydrogen (secondary N) is 1. The molecule has 1 heterocycles. The van der Waals surface area contributed by atoms with Gasteiger partial charge in [-0.3, -0.25) is 14.3 Å². The lowest BCUT2D eigenvalue weighted by Crippen LogP contribution is -2.53. The van der Waals surface area contributed by atoms with E-state index < -0.39 is 45.4 Å². The number of rotatable bonds is 4. The van der Waals surface area contributed by atoms with Crippen molar-refractivity contribution in [1.29, 1.82) is 0 Å². The minimum atomic E-state index is -3.78. The Kier molecular flexibility index (Phi) is 6.81. The molecule has 0 spiro atoms. The van der Waals surface area contributed by atoms with Crippen LogP contribution in [0.25, 0.3) is 0 Å². The molecule has 8 heteroatoms. The largest absolute Gasteiger partial charge is 0.325 e. The van der Waals surface area contributed by atoms with E-state index in [-0.39, 0.29) is 11.8 Å². The summed E-state index contributed by atoms with van der Waals surface area (Å²) in [6, 6.07) is 7.56. The minimum Gasteiger partial charge on any atom is -0.325 e. The zero-order chi connectivity index (χ0) is 23.0. The smallest absolute Gasteiger partial charge is 0.256 e. The summed E-state index contributed by atoms with van der Waals surface area (Å²) in [5.41, 5.74) is 7.21. The van der Waals surface area contributed by atoms with Gasteiger partial charge in [0.25, 0.3) is 5.91 Å². The Morgan fingerprint density at radius 1 is 1.06 bits per heavy atom. The van der Waals surface area contributed by atoms with Crippen molar-refractivity contribution in [3.63, 3.8) is 0 Å². The molecule has 2 fully saturated rings. The van der Waals surface area contributed by atoms with Gasteiger partial charge in [-0.2, -0.15) is 0 Å². The van der Waals surface area contributed by atoms with Crippen molar-refractivity contribution in [3.8, 4) is 0 Å². The van der Waals surface area contributed by atoms with E-state index in [1.165, 1.54) is 0 Å². The lowest BCUT2D eigenvalue weighted by Gasteiger charge is -2.37. The summed E-state index contributed by atoms with van der Waals surface area (Å²) in [4.78, 5) is 28.7. The van der Waals surface area contributed by atoms with E-state index in [2.05, 4.69) is 4.72 Å². The van der Waals surface area contributed by atoms with Gasteiger partial charge in [-0.05, 0) is 23.8 Å². The van der Waals surface area contributed by atoms with E-state index >= 15 is 0 Å². The number of likely N-dealkylation sites (tertiary alicyclic amines) is 1. The van der Waals surface area contributed by atoms with Crippen molar-refractivity contribution in [2.24, 2.45) is 23.0 Å². The molecule has 2 amide bonds. The van der Waals surface area contributed by atoms with Crippen molar-refractivity contribution < 1.29 is 18.0 Å². The van der Waals surface area contributed by atoms with Crippen molar-refractivity contribution >= 4 is 21.8 Å². The maximum atomic E-state index is 13.8. The molecule has 3 rings (SSSR count). The quantitative estimate of drug-likeness (QED) is 0.734. The molecule has 2 aliphatic rings. The summed E-state index contributed by atoms with van der Waals surface area (Å²) in [6.07, 6.45) is 5.59. The third kappa shape index (κ3) is 5.12. The Hall–Kier alpha value is -1.93. The monoisotopic (exact) mass is 449 g/mol. The number of amides is 2. The van der Waals surface area contributed by atoms with Gasteiger partial charge in [0.2, 0.25) is 15.9 Å². The van der Waals surface area contributed by atoms with Gasteiger partial charge in [0, 0.05) is 17.9 Å². The zero-order valence-electron chi connectivity index (χ0n) is 18.9.